The van der Waals surface area contributed by atoms with Crippen LogP contribution in [0.1, 0.15) is 35.1 Å². The molecule has 0 aromatic heterocycles. The summed E-state index contributed by atoms with van der Waals surface area (Å²) in [5.41, 5.74) is 2.38. The van der Waals surface area contributed by atoms with Crippen LogP contribution in [-0.4, -0.2) is 30.5 Å². The summed E-state index contributed by atoms with van der Waals surface area (Å²) >= 11 is 12.1. The molecule has 44 heavy (non-hydrogen) atoms. The number of nitrogens with one attached hydrogen (secondary N) is 1. The standard InChI is InChI=1S/C34H28Cl2F3N3O2/c35-28-17-29(36)19-30(18-28)41-32(43)22-44-33(27-10-8-24(9-11-27)25-6-3-4-23(16-25)20-40)12-14-42(15-13-33)21-26-5-1-2-7-31(26)34(37,38)39/h1-11,16-19H,12-15,21-22H2,(H,41,43). The van der Waals surface area contributed by atoms with Crippen LogP contribution in [-0.2, 0) is 27.9 Å². The Bertz CT molecular complexity index is 1660. The molecule has 0 aliphatic carbocycles. The predicted molar refractivity (Wildman–Crippen MR) is 165 cm³/mol. The first-order valence-corrected chi connectivity index (χ1v) is 14.7. The first-order chi connectivity index (χ1) is 21.0. The number of alkyl halides is 3. The first-order valence-electron chi connectivity index (χ1n) is 13.9. The van der Waals surface area contributed by atoms with E-state index in [1.165, 1.54) is 12.1 Å². The maximum atomic E-state index is 13.6. The molecule has 1 aliphatic rings. The minimum atomic E-state index is -4.44. The molecule has 0 radical (unpaired) electrons. The van der Waals surface area contributed by atoms with Crippen molar-refractivity contribution in [3.05, 3.63) is 123 Å². The second-order valence-electron chi connectivity index (χ2n) is 10.7. The number of piperidine rings is 1. The maximum absolute atomic E-state index is 13.6. The van der Waals surface area contributed by atoms with E-state index in [1.807, 2.05) is 47.4 Å². The van der Waals surface area contributed by atoms with Crippen molar-refractivity contribution in [3.63, 3.8) is 0 Å². The Morgan fingerprint density at radius 2 is 1.59 bits per heavy atom. The fourth-order valence-corrected chi connectivity index (χ4v) is 6.05. The zero-order valence-corrected chi connectivity index (χ0v) is 25.0. The van der Waals surface area contributed by atoms with Crippen LogP contribution in [0.2, 0.25) is 10.0 Å². The molecule has 0 unspecified atom stereocenters. The Hall–Kier alpha value is -3.87. The van der Waals surface area contributed by atoms with Crippen LogP contribution in [0.4, 0.5) is 18.9 Å². The molecule has 1 amide bonds. The van der Waals surface area contributed by atoms with E-state index in [1.54, 1.807) is 30.3 Å². The molecular weight excluding hydrogens is 610 g/mol. The van der Waals surface area contributed by atoms with Gasteiger partial charge in [0.05, 0.1) is 22.8 Å². The molecule has 1 fully saturated rings. The van der Waals surface area contributed by atoms with E-state index in [4.69, 9.17) is 27.9 Å². The van der Waals surface area contributed by atoms with Gasteiger partial charge in [0.2, 0.25) is 5.91 Å². The van der Waals surface area contributed by atoms with Gasteiger partial charge in [0.15, 0.2) is 0 Å². The lowest BCUT2D eigenvalue weighted by atomic mass is 9.83. The molecule has 5 rings (SSSR count). The summed E-state index contributed by atoms with van der Waals surface area (Å²) in [6.45, 7) is 0.816. The average molecular weight is 639 g/mol. The Morgan fingerprint density at radius 1 is 0.909 bits per heavy atom. The highest BCUT2D eigenvalue weighted by Crippen LogP contribution is 2.39. The predicted octanol–water partition coefficient (Wildman–Crippen LogP) is 8.70. The van der Waals surface area contributed by atoms with E-state index < -0.39 is 23.2 Å². The molecule has 1 aliphatic heterocycles. The van der Waals surface area contributed by atoms with Gasteiger partial charge in [-0.25, -0.2) is 0 Å². The lowest BCUT2D eigenvalue weighted by molar-refractivity contribution is -0.139. The minimum absolute atomic E-state index is 0.149. The van der Waals surface area contributed by atoms with Crippen molar-refractivity contribution in [2.75, 3.05) is 25.0 Å². The lowest BCUT2D eigenvalue weighted by Gasteiger charge is -2.42. The van der Waals surface area contributed by atoms with Gasteiger partial charge in [-0.2, -0.15) is 18.4 Å². The molecule has 1 saturated heterocycles. The van der Waals surface area contributed by atoms with Gasteiger partial charge < -0.3 is 10.1 Å². The van der Waals surface area contributed by atoms with Crippen molar-refractivity contribution in [1.29, 1.82) is 5.26 Å². The summed E-state index contributed by atoms with van der Waals surface area (Å²) in [7, 11) is 0. The zero-order valence-electron chi connectivity index (χ0n) is 23.5. The van der Waals surface area contributed by atoms with Crippen LogP contribution < -0.4 is 5.32 Å². The van der Waals surface area contributed by atoms with Crippen LogP contribution in [0.5, 0.6) is 0 Å². The Kier molecular flexibility index (Phi) is 9.62. The van der Waals surface area contributed by atoms with Gasteiger partial charge in [0.25, 0.3) is 0 Å². The number of amides is 1. The van der Waals surface area contributed by atoms with Gasteiger partial charge in [-0.3, -0.25) is 9.69 Å². The molecule has 1 N–H and O–H groups in total. The molecule has 0 spiro atoms. The number of hydrogen-bond donors (Lipinski definition) is 1. The summed E-state index contributed by atoms with van der Waals surface area (Å²) in [6.07, 6.45) is -3.52. The number of carbonyl (C=O) groups is 1. The van der Waals surface area contributed by atoms with E-state index in [0.29, 0.717) is 47.2 Å². The monoisotopic (exact) mass is 637 g/mol. The number of hydrogen-bond acceptors (Lipinski definition) is 4. The third kappa shape index (κ3) is 7.61. The summed E-state index contributed by atoms with van der Waals surface area (Å²) in [6, 6.07) is 27.6. The third-order valence-electron chi connectivity index (χ3n) is 7.74. The van der Waals surface area contributed by atoms with Crippen LogP contribution in [0.25, 0.3) is 11.1 Å². The average Bonchev–Trinajstić information content (AvgIpc) is 3.00. The number of benzene rings is 4. The summed E-state index contributed by atoms with van der Waals surface area (Å²) in [4.78, 5) is 14.9. The van der Waals surface area contributed by atoms with E-state index in [-0.39, 0.29) is 18.7 Å². The highest BCUT2D eigenvalue weighted by molar-refractivity contribution is 6.35. The Labute approximate surface area is 263 Å². The molecule has 5 nitrogen and oxygen atoms in total. The number of carbonyl (C=O) groups excluding carboxylic acids is 1. The summed E-state index contributed by atoms with van der Waals surface area (Å²) in [5, 5.41) is 12.8. The van der Waals surface area contributed by atoms with E-state index in [9.17, 15) is 23.2 Å². The molecular formula is C34H28Cl2F3N3O2. The fourth-order valence-electron chi connectivity index (χ4n) is 5.53. The van der Waals surface area contributed by atoms with Gasteiger partial charge in [-0.1, -0.05) is 77.8 Å². The molecule has 10 heteroatoms. The lowest BCUT2D eigenvalue weighted by Crippen LogP contribution is -2.45. The van der Waals surface area contributed by atoms with Gasteiger partial charge >= 0.3 is 6.18 Å². The second kappa shape index (κ2) is 13.4. The number of rotatable bonds is 8. The number of anilines is 1. The second-order valence-corrected chi connectivity index (χ2v) is 11.6. The van der Waals surface area contributed by atoms with Crippen molar-refractivity contribution in [2.24, 2.45) is 0 Å². The SMILES string of the molecule is N#Cc1cccc(-c2ccc(C3(OCC(=O)Nc4cc(Cl)cc(Cl)c4)CCN(Cc4ccccc4C(F)(F)F)CC3)cc2)c1. The smallest absolute Gasteiger partial charge is 0.360 e. The molecule has 1 heterocycles. The van der Waals surface area contributed by atoms with Gasteiger partial charge in [0.1, 0.15) is 6.61 Å². The van der Waals surface area contributed by atoms with E-state index >= 15 is 0 Å². The van der Waals surface area contributed by atoms with E-state index in [2.05, 4.69) is 11.4 Å². The quantitative estimate of drug-likeness (QED) is 0.210. The molecule has 0 atom stereocenters. The molecule has 4 aromatic rings. The normalized spacial score (nSPS) is 15.0. The molecule has 0 bridgehead atoms. The Morgan fingerprint density at radius 3 is 2.25 bits per heavy atom. The van der Waals surface area contributed by atoms with Crippen molar-refractivity contribution in [3.8, 4) is 17.2 Å². The van der Waals surface area contributed by atoms with Crippen molar-refractivity contribution in [1.82, 2.24) is 4.90 Å². The third-order valence-corrected chi connectivity index (χ3v) is 8.18. The number of nitrogens with zero attached hydrogens (tertiary/aromatic N) is 2. The topological polar surface area (TPSA) is 65.4 Å². The van der Waals surface area contributed by atoms with Crippen molar-refractivity contribution >= 4 is 34.8 Å². The Balaban J connectivity index is 1.35. The van der Waals surface area contributed by atoms with Gasteiger partial charge in [0, 0.05) is 35.4 Å². The van der Waals surface area contributed by atoms with Crippen LogP contribution in [0.3, 0.4) is 0 Å². The van der Waals surface area contributed by atoms with Crippen LogP contribution >= 0.6 is 23.2 Å². The van der Waals surface area contributed by atoms with Crippen molar-refractivity contribution < 1.29 is 22.7 Å². The zero-order chi connectivity index (χ0) is 31.3. The number of halogens is 5. The molecule has 4 aromatic carbocycles. The fraction of sp³-hybridized carbons (Fsp3) is 0.235. The summed E-state index contributed by atoms with van der Waals surface area (Å²) in [5.74, 6) is -0.394. The molecule has 0 saturated carbocycles. The van der Waals surface area contributed by atoms with Crippen LogP contribution in [0.15, 0.2) is 91.0 Å². The van der Waals surface area contributed by atoms with E-state index in [0.717, 1.165) is 22.8 Å². The van der Waals surface area contributed by atoms with Crippen molar-refractivity contribution in [2.45, 2.75) is 31.2 Å². The highest BCUT2D eigenvalue weighted by atomic mass is 35.5. The summed E-state index contributed by atoms with van der Waals surface area (Å²) < 4.78 is 47.2. The minimum Gasteiger partial charge on any atom is -0.360 e. The maximum Gasteiger partial charge on any atom is 0.416 e. The molecule has 226 valence electrons. The number of ether oxygens (including phenoxy) is 1. The highest BCUT2D eigenvalue weighted by Gasteiger charge is 2.39. The first kappa shape index (κ1) is 31.6. The van der Waals surface area contributed by atoms with Gasteiger partial charge in [-0.15, -0.1) is 0 Å². The largest absolute Gasteiger partial charge is 0.416 e. The number of nitriles is 1. The van der Waals surface area contributed by atoms with Crippen LogP contribution in [0, 0.1) is 11.3 Å². The van der Waals surface area contributed by atoms with Gasteiger partial charge in [-0.05, 0) is 71.5 Å². The number of likely N-dealkylation sites (tertiary alicyclic amines) is 1.